The normalized spacial score (nSPS) is 15.3. The van der Waals surface area contributed by atoms with Crippen LogP contribution < -0.4 is 4.74 Å². The maximum absolute atomic E-state index is 13.3. The van der Waals surface area contributed by atoms with Crippen LogP contribution >= 0.6 is 11.6 Å². The van der Waals surface area contributed by atoms with Gasteiger partial charge in [0.2, 0.25) is 0 Å². The quantitative estimate of drug-likeness (QED) is 0.255. The van der Waals surface area contributed by atoms with Crippen LogP contribution in [-0.4, -0.2) is 34.8 Å². The first-order chi connectivity index (χ1) is 18.3. The average Bonchev–Trinajstić information content (AvgIpc) is 3.39. The Kier molecular flexibility index (Phi) is 7.16. The third kappa shape index (κ3) is 5.55. The SMILES string of the molecule is CC(C)(Oc1ccc(Cl)cc1)C(=O)OCC(=O)N1N=C(c2ccc3ccccc3c2)CC1c1ccccc1. The Morgan fingerprint density at radius 3 is 2.34 bits per heavy atom. The van der Waals surface area contributed by atoms with Gasteiger partial charge in [-0.25, -0.2) is 9.80 Å². The lowest BCUT2D eigenvalue weighted by atomic mass is 9.97. The van der Waals surface area contributed by atoms with Crippen LogP contribution in [0, 0.1) is 0 Å². The summed E-state index contributed by atoms with van der Waals surface area (Å²) in [6, 6.07) is 30.4. The van der Waals surface area contributed by atoms with Crippen LogP contribution in [0.5, 0.6) is 5.75 Å². The van der Waals surface area contributed by atoms with Crippen molar-refractivity contribution in [3.8, 4) is 5.75 Å². The number of nitrogens with zero attached hydrogens (tertiary/aromatic N) is 2. The molecule has 4 aromatic carbocycles. The number of hydrogen-bond donors (Lipinski definition) is 0. The van der Waals surface area contributed by atoms with Crippen LogP contribution in [0.2, 0.25) is 5.02 Å². The number of esters is 1. The Bertz CT molecular complexity index is 1500. The Morgan fingerprint density at radius 1 is 0.921 bits per heavy atom. The zero-order valence-corrected chi connectivity index (χ0v) is 21.9. The van der Waals surface area contributed by atoms with E-state index in [4.69, 9.17) is 26.2 Å². The predicted molar refractivity (Wildman–Crippen MR) is 148 cm³/mol. The number of ether oxygens (including phenoxy) is 2. The molecule has 5 rings (SSSR count). The van der Waals surface area contributed by atoms with Gasteiger partial charge in [-0.1, -0.05) is 78.3 Å². The minimum atomic E-state index is -1.31. The largest absolute Gasteiger partial charge is 0.476 e. The van der Waals surface area contributed by atoms with Crippen LogP contribution in [0.4, 0.5) is 0 Å². The van der Waals surface area contributed by atoms with E-state index in [1.165, 1.54) is 5.01 Å². The van der Waals surface area contributed by atoms with Crippen LogP contribution in [0.25, 0.3) is 10.8 Å². The summed E-state index contributed by atoms with van der Waals surface area (Å²) in [5.41, 5.74) is 1.40. The van der Waals surface area contributed by atoms with Crippen LogP contribution in [0.15, 0.2) is 102 Å². The predicted octanol–water partition coefficient (Wildman–Crippen LogP) is 6.57. The second-order valence-corrected chi connectivity index (χ2v) is 10.1. The first kappa shape index (κ1) is 25.5. The highest BCUT2D eigenvalue weighted by atomic mass is 35.5. The Labute approximate surface area is 226 Å². The molecule has 0 spiro atoms. The molecule has 0 saturated heterocycles. The summed E-state index contributed by atoms with van der Waals surface area (Å²) >= 11 is 5.92. The average molecular weight is 527 g/mol. The molecule has 4 aromatic rings. The van der Waals surface area contributed by atoms with E-state index in [0.717, 1.165) is 27.6 Å². The molecule has 0 aromatic heterocycles. The molecular weight excluding hydrogens is 500 g/mol. The fourth-order valence-corrected chi connectivity index (χ4v) is 4.55. The lowest BCUT2D eigenvalue weighted by Gasteiger charge is -2.25. The number of hydrazone groups is 1. The van der Waals surface area contributed by atoms with Crippen molar-refractivity contribution >= 4 is 40.0 Å². The molecule has 7 heteroatoms. The van der Waals surface area contributed by atoms with Gasteiger partial charge in [-0.2, -0.15) is 5.10 Å². The third-order valence-electron chi connectivity index (χ3n) is 6.44. The van der Waals surface area contributed by atoms with E-state index in [9.17, 15) is 9.59 Å². The molecule has 0 saturated carbocycles. The molecule has 6 nitrogen and oxygen atoms in total. The van der Waals surface area contributed by atoms with Gasteiger partial charge in [0.25, 0.3) is 5.91 Å². The minimum absolute atomic E-state index is 0.304. The molecule has 1 aliphatic heterocycles. The highest BCUT2D eigenvalue weighted by Crippen LogP contribution is 2.33. The number of hydrogen-bond acceptors (Lipinski definition) is 5. The Balaban J connectivity index is 1.33. The van der Waals surface area contributed by atoms with Crippen molar-refractivity contribution in [2.45, 2.75) is 31.9 Å². The van der Waals surface area contributed by atoms with Gasteiger partial charge in [0.05, 0.1) is 11.8 Å². The number of amides is 1. The molecule has 0 fully saturated rings. The molecule has 192 valence electrons. The molecule has 38 heavy (non-hydrogen) atoms. The molecule has 1 heterocycles. The molecule has 0 aliphatic carbocycles. The molecular formula is C31H27ClN2O4. The van der Waals surface area contributed by atoms with Crippen LogP contribution in [-0.2, 0) is 14.3 Å². The van der Waals surface area contributed by atoms with E-state index >= 15 is 0 Å². The first-order valence-corrected chi connectivity index (χ1v) is 12.7. The summed E-state index contributed by atoms with van der Waals surface area (Å²) in [5, 5.41) is 8.93. The van der Waals surface area contributed by atoms with Crippen molar-refractivity contribution in [3.63, 3.8) is 0 Å². The van der Waals surface area contributed by atoms with Crippen molar-refractivity contribution in [1.29, 1.82) is 0 Å². The lowest BCUT2D eigenvalue weighted by molar-refractivity contribution is -0.164. The number of halogens is 1. The summed E-state index contributed by atoms with van der Waals surface area (Å²) in [4.78, 5) is 26.2. The number of carbonyl (C=O) groups is 2. The zero-order valence-electron chi connectivity index (χ0n) is 21.1. The van der Waals surface area contributed by atoms with Gasteiger partial charge >= 0.3 is 5.97 Å². The topological polar surface area (TPSA) is 68.2 Å². The fraction of sp³-hybridized carbons (Fsp3) is 0.194. The number of carbonyl (C=O) groups excluding carboxylic acids is 2. The van der Waals surface area contributed by atoms with E-state index in [-0.39, 0.29) is 6.04 Å². The zero-order chi connectivity index (χ0) is 26.7. The monoisotopic (exact) mass is 526 g/mol. The van der Waals surface area contributed by atoms with Gasteiger partial charge in [0.1, 0.15) is 5.75 Å². The Hall–Kier alpha value is -4.16. The highest BCUT2D eigenvalue weighted by molar-refractivity contribution is 6.30. The van der Waals surface area contributed by atoms with Crippen LogP contribution in [0.1, 0.15) is 37.4 Å². The summed E-state index contributed by atoms with van der Waals surface area (Å²) in [6.07, 6.45) is 0.549. The standard InChI is InChI=1S/C31H27ClN2O4/c1-31(2,38-26-16-14-25(32)15-17-26)30(36)37-20-29(35)34-28(22-9-4-3-5-10-22)19-27(33-34)24-13-12-21-8-6-7-11-23(21)18-24/h3-18,28H,19-20H2,1-2H3. The van der Waals surface area contributed by atoms with Gasteiger partial charge in [-0.15, -0.1) is 0 Å². The number of rotatable bonds is 7. The molecule has 1 aliphatic rings. The summed E-state index contributed by atoms with van der Waals surface area (Å²) in [7, 11) is 0. The second-order valence-electron chi connectivity index (χ2n) is 9.62. The fourth-order valence-electron chi connectivity index (χ4n) is 4.42. The molecule has 0 radical (unpaired) electrons. The number of fused-ring (bicyclic) bond motifs is 1. The first-order valence-electron chi connectivity index (χ1n) is 12.4. The summed E-state index contributed by atoms with van der Waals surface area (Å²) < 4.78 is 11.2. The van der Waals surface area contributed by atoms with E-state index < -0.39 is 24.1 Å². The number of benzene rings is 4. The highest BCUT2D eigenvalue weighted by Gasteiger charge is 2.36. The molecule has 0 N–H and O–H groups in total. The van der Waals surface area contributed by atoms with Crippen molar-refractivity contribution < 1.29 is 19.1 Å². The molecule has 1 atom stereocenters. The van der Waals surface area contributed by atoms with Gasteiger partial charge in [-0.3, -0.25) is 4.79 Å². The van der Waals surface area contributed by atoms with Crippen molar-refractivity contribution in [1.82, 2.24) is 5.01 Å². The maximum Gasteiger partial charge on any atom is 0.350 e. The van der Waals surface area contributed by atoms with Gasteiger partial charge in [0, 0.05) is 11.4 Å². The smallest absolute Gasteiger partial charge is 0.350 e. The third-order valence-corrected chi connectivity index (χ3v) is 6.69. The van der Waals surface area contributed by atoms with Gasteiger partial charge < -0.3 is 9.47 Å². The molecule has 0 bridgehead atoms. The van der Waals surface area contributed by atoms with E-state index in [2.05, 4.69) is 24.3 Å². The van der Waals surface area contributed by atoms with Crippen molar-refractivity contribution in [3.05, 3.63) is 113 Å². The van der Waals surface area contributed by atoms with E-state index in [1.54, 1.807) is 38.1 Å². The Morgan fingerprint density at radius 2 is 1.61 bits per heavy atom. The lowest BCUT2D eigenvalue weighted by Crippen LogP contribution is -2.41. The molecule has 1 unspecified atom stereocenters. The van der Waals surface area contributed by atoms with Gasteiger partial charge in [0.15, 0.2) is 12.2 Å². The van der Waals surface area contributed by atoms with Crippen LogP contribution in [0.3, 0.4) is 0 Å². The molecule has 1 amide bonds. The maximum atomic E-state index is 13.3. The summed E-state index contributed by atoms with van der Waals surface area (Å²) in [5.74, 6) is -0.601. The van der Waals surface area contributed by atoms with E-state index in [0.29, 0.717) is 17.2 Å². The minimum Gasteiger partial charge on any atom is -0.476 e. The van der Waals surface area contributed by atoms with Crippen molar-refractivity contribution in [2.24, 2.45) is 5.10 Å². The van der Waals surface area contributed by atoms with E-state index in [1.807, 2.05) is 48.5 Å². The second kappa shape index (κ2) is 10.7. The summed E-state index contributed by atoms with van der Waals surface area (Å²) in [6.45, 7) is 2.73. The van der Waals surface area contributed by atoms with Gasteiger partial charge in [-0.05, 0) is 66.1 Å². The van der Waals surface area contributed by atoms with Crippen molar-refractivity contribution in [2.75, 3.05) is 6.61 Å².